The SMILES string of the molecule is CC(C)C(C)NC(=O)c1ccc2ccccc2n1. The molecule has 1 amide bonds. The van der Waals surface area contributed by atoms with E-state index in [2.05, 4.69) is 24.1 Å². The Labute approximate surface area is 107 Å². The zero-order chi connectivity index (χ0) is 13.1. The normalized spacial score (nSPS) is 12.7. The van der Waals surface area contributed by atoms with Crippen molar-refractivity contribution in [1.82, 2.24) is 10.3 Å². The maximum atomic E-state index is 12.0. The number of para-hydroxylation sites is 1. The van der Waals surface area contributed by atoms with Crippen LogP contribution in [0.5, 0.6) is 0 Å². The summed E-state index contributed by atoms with van der Waals surface area (Å²) in [6, 6.07) is 11.6. The van der Waals surface area contributed by atoms with E-state index in [4.69, 9.17) is 0 Å². The smallest absolute Gasteiger partial charge is 0.270 e. The fourth-order valence-corrected chi connectivity index (χ4v) is 1.64. The first kappa shape index (κ1) is 12.6. The summed E-state index contributed by atoms with van der Waals surface area (Å²) >= 11 is 0. The molecule has 1 atom stereocenters. The fourth-order valence-electron chi connectivity index (χ4n) is 1.64. The highest BCUT2D eigenvalue weighted by molar-refractivity contribution is 5.95. The molecule has 0 fully saturated rings. The third-order valence-corrected chi connectivity index (χ3v) is 3.19. The highest BCUT2D eigenvalue weighted by atomic mass is 16.1. The van der Waals surface area contributed by atoms with Gasteiger partial charge in [-0.25, -0.2) is 4.98 Å². The number of rotatable bonds is 3. The van der Waals surface area contributed by atoms with Crippen LogP contribution in [0.25, 0.3) is 10.9 Å². The number of hydrogen-bond donors (Lipinski definition) is 1. The predicted molar refractivity (Wildman–Crippen MR) is 73.5 cm³/mol. The molecule has 1 heterocycles. The van der Waals surface area contributed by atoms with E-state index in [1.807, 2.05) is 37.3 Å². The van der Waals surface area contributed by atoms with Crippen molar-refractivity contribution in [3.63, 3.8) is 0 Å². The van der Waals surface area contributed by atoms with Crippen molar-refractivity contribution in [3.05, 3.63) is 42.1 Å². The summed E-state index contributed by atoms with van der Waals surface area (Å²) in [5, 5.41) is 4.01. The number of hydrogen-bond acceptors (Lipinski definition) is 2. The Bertz CT molecular complexity index is 563. The van der Waals surface area contributed by atoms with Crippen LogP contribution < -0.4 is 5.32 Å². The van der Waals surface area contributed by atoms with Crippen LogP contribution in [-0.4, -0.2) is 16.9 Å². The highest BCUT2D eigenvalue weighted by Crippen LogP contribution is 2.12. The summed E-state index contributed by atoms with van der Waals surface area (Å²) in [6.07, 6.45) is 0. The molecule has 94 valence electrons. The Morgan fingerprint density at radius 1 is 1.11 bits per heavy atom. The summed E-state index contributed by atoms with van der Waals surface area (Å²) < 4.78 is 0. The van der Waals surface area contributed by atoms with Gasteiger partial charge in [0.2, 0.25) is 0 Å². The highest BCUT2D eigenvalue weighted by Gasteiger charge is 2.13. The van der Waals surface area contributed by atoms with E-state index in [0.29, 0.717) is 11.6 Å². The van der Waals surface area contributed by atoms with Crippen molar-refractivity contribution in [1.29, 1.82) is 0 Å². The van der Waals surface area contributed by atoms with Crippen LogP contribution in [0.1, 0.15) is 31.3 Å². The molecule has 1 aromatic carbocycles. The second-order valence-electron chi connectivity index (χ2n) is 4.90. The van der Waals surface area contributed by atoms with Gasteiger partial charge >= 0.3 is 0 Å². The Morgan fingerprint density at radius 3 is 2.56 bits per heavy atom. The van der Waals surface area contributed by atoms with Gasteiger partial charge in [-0.05, 0) is 25.0 Å². The lowest BCUT2D eigenvalue weighted by molar-refractivity contribution is 0.0926. The Morgan fingerprint density at radius 2 is 1.83 bits per heavy atom. The van der Waals surface area contributed by atoms with Gasteiger partial charge in [0.1, 0.15) is 5.69 Å². The molecule has 0 aliphatic rings. The van der Waals surface area contributed by atoms with Gasteiger partial charge in [0.25, 0.3) is 5.91 Å². The van der Waals surface area contributed by atoms with Gasteiger partial charge in [-0.2, -0.15) is 0 Å². The zero-order valence-corrected chi connectivity index (χ0v) is 11.0. The lowest BCUT2D eigenvalue weighted by Gasteiger charge is -2.17. The average Bonchev–Trinajstić information content (AvgIpc) is 2.37. The van der Waals surface area contributed by atoms with Gasteiger partial charge < -0.3 is 5.32 Å². The number of aromatic nitrogens is 1. The molecule has 2 rings (SSSR count). The molecule has 0 aliphatic carbocycles. The molecule has 3 heteroatoms. The van der Waals surface area contributed by atoms with Crippen molar-refractivity contribution in [3.8, 4) is 0 Å². The molecule has 0 aliphatic heterocycles. The Kier molecular flexibility index (Phi) is 3.60. The minimum absolute atomic E-state index is 0.109. The van der Waals surface area contributed by atoms with E-state index in [9.17, 15) is 4.79 Å². The average molecular weight is 242 g/mol. The molecular formula is C15H18N2O. The zero-order valence-electron chi connectivity index (χ0n) is 11.0. The van der Waals surface area contributed by atoms with E-state index in [-0.39, 0.29) is 11.9 Å². The van der Waals surface area contributed by atoms with Gasteiger partial charge in [-0.3, -0.25) is 4.79 Å². The minimum Gasteiger partial charge on any atom is -0.348 e. The first-order valence-electron chi connectivity index (χ1n) is 6.24. The number of benzene rings is 1. The maximum Gasteiger partial charge on any atom is 0.270 e. The van der Waals surface area contributed by atoms with E-state index in [0.717, 1.165) is 10.9 Å². The topological polar surface area (TPSA) is 42.0 Å². The van der Waals surface area contributed by atoms with Crippen molar-refractivity contribution >= 4 is 16.8 Å². The summed E-state index contributed by atoms with van der Waals surface area (Å²) in [4.78, 5) is 16.4. The molecule has 1 unspecified atom stereocenters. The van der Waals surface area contributed by atoms with E-state index in [1.165, 1.54) is 0 Å². The van der Waals surface area contributed by atoms with Crippen LogP contribution >= 0.6 is 0 Å². The van der Waals surface area contributed by atoms with E-state index < -0.39 is 0 Å². The Balaban J connectivity index is 2.23. The standard InChI is InChI=1S/C15H18N2O/c1-10(2)11(3)16-15(18)14-9-8-12-6-4-5-7-13(12)17-14/h4-11H,1-3H3,(H,16,18). The second kappa shape index (κ2) is 5.17. The van der Waals surface area contributed by atoms with Gasteiger partial charge in [-0.15, -0.1) is 0 Å². The number of nitrogens with one attached hydrogen (secondary N) is 1. The first-order valence-corrected chi connectivity index (χ1v) is 6.24. The molecule has 0 radical (unpaired) electrons. The molecule has 18 heavy (non-hydrogen) atoms. The maximum absolute atomic E-state index is 12.0. The summed E-state index contributed by atoms with van der Waals surface area (Å²) in [5.41, 5.74) is 1.32. The number of nitrogens with zero attached hydrogens (tertiary/aromatic N) is 1. The van der Waals surface area contributed by atoms with Gasteiger partial charge in [-0.1, -0.05) is 38.1 Å². The Hall–Kier alpha value is -1.90. The monoisotopic (exact) mass is 242 g/mol. The van der Waals surface area contributed by atoms with Crippen molar-refractivity contribution in [2.75, 3.05) is 0 Å². The van der Waals surface area contributed by atoms with Gasteiger partial charge in [0, 0.05) is 11.4 Å². The summed E-state index contributed by atoms with van der Waals surface area (Å²) in [7, 11) is 0. The van der Waals surface area contributed by atoms with E-state index in [1.54, 1.807) is 6.07 Å². The minimum atomic E-state index is -0.109. The lowest BCUT2D eigenvalue weighted by Crippen LogP contribution is -2.36. The number of pyridine rings is 1. The fraction of sp³-hybridized carbons (Fsp3) is 0.333. The van der Waals surface area contributed by atoms with Crippen LogP contribution in [0, 0.1) is 5.92 Å². The van der Waals surface area contributed by atoms with Crippen LogP contribution in [0.3, 0.4) is 0 Å². The molecule has 1 N–H and O–H groups in total. The molecule has 0 spiro atoms. The summed E-state index contributed by atoms with van der Waals surface area (Å²) in [6.45, 7) is 6.17. The van der Waals surface area contributed by atoms with Crippen LogP contribution in [-0.2, 0) is 0 Å². The van der Waals surface area contributed by atoms with Crippen molar-refractivity contribution in [2.24, 2.45) is 5.92 Å². The number of amides is 1. The third kappa shape index (κ3) is 2.67. The molecule has 2 aromatic rings. The molecule has 0 bridgehead atoms. The van der Waals surface area contributed by atoms with Gasteiger partial charge in [0.05, 0.1) is 5.52 Å². The third-order valence-electron chi connectivity index (χ3n) is 3.19. The van der Waals surface area contributed by atoms with Crippen LogP contribution in [0.4, 0.5) is 0 Å². The predicted octanol–water partition coefficient (Wildman–Crippen LogP) is 3.01. The van der Waals surface area contributed by atoms with E-state index >= 15 is 0 Å². The number of carbonyl (C=O) groups is 1. The van der Waals surface area contributed by atoms with Crippen LogP contribution in [0.15, 0.2) is 36.4 Å². The van der Waals surface area contributed by atoms with Crippen molar-refractivity contribution in [2.45, 2.75) is 26.8 Å². The van der Waals surface area contributed by atoms with Crippen LogP contribution in [0.2, 0.25) is 0 Å². The van der Waals surface area contributed by atoms with Crippen molar-refractivity contribution < 1.29 is 4.79 Å². The summed E-state index contributed by atoms with van der Waals surface area (Å²) in [5.74, 6) is 0.302. The molecular weight excluding hydrogens is 224 g/mol. The molecule has 3 nitrogen and oxygen atoms in total. The number of fused-ring (bicyclic) bond motifs is 1. The molecule has 0 saturated heterocycles. The molecule has 0 saturated carbocycles. The quantitative estimate of drug-likeness (QED) is 0.899. The lowest BCUT2D eigenvalue weighted by atomic mass is 10.1. The van der Waals surface area contributed by atoms with Gasteiger partial charge in [0.15, 0.2) is 0 Å². The largest absolute Gasteiger partial charge is 0.348 e. The first-order chi connectivity index (χ1) is 8.58. The number of carbonyl (C=O) groups excluding carboxylic acids is 1. The molecule has 1 aromatic heterocycles. The second-order valence-corrected chi connectivity index (χ2v) is 4.90.